The zero-order valence-electron chi connectivity index (χ0n) is 10.6. The van der Waals surface area contributed by atoms with Gasteiger partial charge >= 0.3 is 0 Å². The van der Waals surface area contributed by atoms with Gasteiger partial charge in [0.05, 0.1) is 6.04 Å². The van der Waals surface area contributed by atoms with Crippen molar-refractivity contribution in [3.8, 4) is 0 Å². The molecular weight excluding hydrogens is 212 g/mol. The molecule has 0 bridgehead atoms. The zero-order valence-corrected chi connectivity index (χ0v) is 10.6. The molecule has 1 heterocycles. The fraction of sp³-hybridized carbons (Fsp3) is 0.500. The third kappa shape index (κ3) is 2.86. The van der Waals surface area contributed by atoms with Gasteiger partial charge in [0.1, 0.15) is 0 Å². The molecule has 0 saturated carbocycles. The van der Waals surface area contributed by atoms with Gasteiger partial charge in [-0.1, -0.05) is 36.8 Å². The molecule has 0 radical (unpaired) electrons. The standard InChI is InChI=1S/C14H20N2O/c1-3-16(13-7-8-15-14(13)17)10-12-6-4-5-11(2)9-12/h4-6,9,13H,3,7-8,10H2,1-2H3,(H,15,17)/t13-/m0/s1. The largest absolute Gasteiger partial charge is 0.355 e. The number of nitrogens with one attached hydrogen (secondary N) is 1. The van der Waals surface area contributed by atoms with E-state index in [2.05, 4.69) is 48.3 Å². The molecule has 1 aromatic carbocycles. The quantitative estimate of drug-likeness (QED) is 0.857. The van der Waals surface area contributed by atoms with Gasteiger partial charge in [-0.15, -0.1) is 0 Å². The molecule has 1 aromatic rings. The maximum absolute atomic E-state index is 11.7. The van der Waals surface area contributed by atoms with Gasteiger partial charge in [0, 0.05) is 13.1 Å². The number of carbonyl (C=O) groups is 1. The molecule has 92 valence electrons. The van der Waals surface area contributed by atoms with E-state index in [4.69, 9.17) is 0 Å². The van der Waals surface area contributed by atoms with Crippen LogP contribution in [0.5, 0.6) is 0 Å². The minimum Gasteiger partial charge on any atom is -0.355 e. The number of aryl methyl sites for hydroxylation is 1. The summed E-state index contributed by atoms with van der Waals surface area (Å²) in [5, 5.41) is 2.90. The van der Waals surface area contributed by atoms with Gasteiger partial charge in [0.15, 0.2) is 0 Å². The van der Waals surface area contributed by atoms with Gasteiger partial charge in [0.25, 0.3) is 0 Å². The fourth-order valence-electron chi connectivity index (χ4n) is 2.42. The van der Waals surface area contributed by atoms with E-state index >= 15 is 0 Å². The first-order valence-electron chi connectivity index (χ1n) is 6.28. The lowest BCUT2D eigenvalue weighted by atomic mass is 10.1. The molecule has 3 nitrogen and oxygen atoms in total. The van der Waals surface area contributed by atoms with Crippen LogP contribution in [0.2, 0.25) is 0 Å². The molecular formula is C14H20N2O. The van der Waals surface area contributed by atoms with Crippen molar-refractivity contribution in [2.75, 3.05) is 13.1 Å². The molecule has 1 aliphatic heterocycles. The number of hydrogen-bond donors (Lipinski definition) is 1. The zero-order chi connectivity index (χ0) is 12.3. The van der Waals surface area contributed by atoms with Crippen molar-refractivity contribution >= 4 is 5.91 Å². The van der Waals surface area contributed by atoms with Crippen LogP contribution in [0.4, 0.5) is 0 Å². The predicted octanol–water partition coefficient (Wildman–Crippen LogP) is 1.71. The third-order valence-corrected chi connectivity index (χ3v) is 3.33. The Hall–Kier alpha value is -1.35. The van der Waals surface area contributed by atoms with Crippen molar-refractivity contribution in [2.45, 2.75) is 32.9 Å². The van der Waals surface area contributed by atoms with Crippen LogP contribution < -0.4 is 5.32 Å². The fourth-order valence-corrected chi connectivity index (χ4v) is 2.42. The lowest BCUT2D eigenvalue weighted by molar-refractivity contribution is -0.123. The lowest BCUT2D eigenvalue weighted by Gasteiger charge is -2.25. The summed E-state index contributed by atoms with van der Waals surface area (Å²) in [6.45, 7) is 6.79. The second-order valence-electron chi connectivity index (χ2n) is 4.65. The molecule has 1 aliphatic rings. The highest BCUT2D eigenvalue weighted by Gasteiger charge is 2.29. The molecule has 0 aliphatic carbocycles. The first-order chi connectivity index (χ1) is 8.20. The summed E-state index contributed by atoms with van der Waals surface area (Å²) in [5.41, 5.74) is 2.56. The van der Waals surface area contributed by atoms with Crippen LogP contribution in [0.25, 0.3) is 0 Å². The van der Waals surface area contributed by atoms with Gasteiger partial charge in [0.2, 0.25) is 5.91 Å². The number of rotatable bonds is 4. The lowest BCUT2D eigenvalue weighted by Crippen LogP contribution is -2.40. The molecule has 3 heteroatoms. The van der Waals surface area contributed by atoms with E-state index in [1.807, 2.05) is 0 Å². The van der Waals surface area contributed by atoms with Crippen LogP contribution in [0, 0.1) is 6.92 Å². The van der Waals surface area contributed by atoms with E-state index in [9.17, 15) is 4.79 Å². The Kier molecular flexibility index (Phi) is 3.79. The molecule has 1 atom stereocenters. The van der Waals surface area contributed by atoms with Crippen LogP contribution >= 0.6 is 0 Å². The average Bonchev–Trinajstić information content (AvgIpc) is 2.72. The molecule has 0 unspecified atom stereocenters. The second-order valence-corrected chi connectivity index (χ2v) is 4.65. The number of carbonyl (C=O) groups excluding carboxylic acids is 1. The number of hydrogen-bond acceptors (Lipinski definition) is 2. The summed E-state index contributed by atoms with van der Waals surface area (Å²) in [6.07, 6.45) is 0.929. The summed E-state index contributed by atoms with van der Waals surface area (Å²) >= 11 is 0. The van der Waals surface area contributed by atoms with E-state index in [1.54, 1.807) is 0 Å². The third-order valence-electron chi connectivity index (χ3n) is 3.33. The summed E-state index contributed by atoms with van der Waals surface area (Å²) < 4.78 is 0. The molecule has 17 heavy (non-hydrogen) atoms. The first kappa shape index (κ1) is 12.1. The monoisotopic (exact) mass is 232 g/mol. The average molecular weight is 232 g/mol. The second kappa shape index (κ2) is 5.32. The number of nitrogens with zero attached hydrogens (tertiary/aromatic N) is 1. The first-order valence-corrected chi connectivity index (χ1v) is 6.28. The smallest absolute Gasteiger partial charge is 0.237 e. The van der Waals surface area contributed by atoms with Crippen LogP contribution in [0.3, 0.4) is 0 Å². The number of benzene rings is 1. The topological polar surface area (TPSA) is 32.3 Å². The van der Waals surface area contributed by atoms with E-state index in [0.717, 1.165) is 26.1 Å². The maximum Gasteiger partial charge on any atom is 0.237 e. The van der Waals surface area contributed by atoms with E-state index < -0.39 is 0 Å². The van der Waals surface area contributed by atoms with Crippen molar-refractivity contribution in [3.63, 3.8) is 0 Å². The predicted molar refractivity (Wildman–Crippen MR) is 68.7 cm³/mol. The minimum absolute atomic E-state index is 0.0560. The minimum atomic E-state index is 0.0560. The van der Waals surface area contributed by atoms with Crippen molar-refractivity contribution in [1.29, 1.82) is 0 Å². The summed E-state index contributed by atoms with van der Waals surface area (Å²) in [4.78, 5) is 13.9. The Balaban J connectivity index is 2.07. The summed E-state index contributed by atoms with van der Waals surface area (Å²) in [5.74, 6) is 0.180. The Morgan fingerprint density at radius 2 is 2.29 bits per heavy atom. The van der Waals surface area contributed by atoms with Gasteiger partial charge in [-0.05, 0) is 25.5 Å². The van der Waals surface area contributed by atoms with Crippen molar-refractivity contribution in [2.24, 2.45) is 0 Å². The molecule has 1 fully saturated rings. The highest BCUT2D eigenvalue weighted by molar-refractivity contribution is 5.83. The highest BCUT2D eigenvalue weighted by Crippen LogP contribution is 2.14. The Labute approximate surface area is 103 Å². The van der Waals surface area contributed by atoms with Crippen LogP contribution in [0.1, 0.15) is 24.5 Å². The Morgan fingerprint density at radius 1 is 1.47 bits per heavy atom. The van der Waals surface area contributed by atoms with E-state index in [0.29, 0.717) is 0 Å². The molecule has 2 rings (SSSR count). The Morgan fingerprint density at radius 3 is 2.88 bits per heavy atom. The molecule has 1 N–H and O–H groups in total. The summed E-state index contributed by atoms with van der Waals surface area (Å²) in [6, 6.07) is 8.55. The molecule has 1 amide bonds. The Bertz CT molecular complexity index is 403. The van der Waals surface area contributed by atoms with Crippen LogP contribution in [0.15, 0.2) is 24.3 Å². The number of likely N-dealkylation sites (N-methyl/N-ethyl adjacent to an activating group) is 1. The normalized spacial score (nSPS) is 19.7. The van der Waals surface area contributed by atoms with Gasteiger partial charge in [-0.3, -0.25) is 9.69 Å². The van der Waals surface area contributed by atoms with E-state index in [1.165, 1.54) is 11.1 Å². The van der Waals surface area contributed by atoms with Crippen molar-refractivity contribution in [1.82, 2.24) is 10.2 Å². The van der Waals surface area contributed by atoms with Crippen LogP contribution in [-0.2, 0) is 11.3 Å². The van der Waals surface area contributed by atoms with Crippen molar-refractivity contribution in [3.05, 3.63) is 35.4 Å². The van der Waals surface area contributed by atoms with E-state index in [-0.39, 0.29) is 11.9 Å². The SMILES string of the molecule is CCN(Cc1cccc(C)c1)[C@H]1CCNC1=O. The maximum atomic E-state index is 11.7. The van der Waals surface area contributed by atoms with Gasteiger partial charge in [-0.2, -0.15) is 0 Å². The number of amides is 1. The summed E-state index contributed by atoms with van der Waals surface area (Å²) in [7, 11) is 0. The van der Waals surface area contributed by atoms with Crippen molar-refractivity contribution < 1.29 is 4.79 Å². The van der Waals surface area contributed by atoms with Gasteiger partial charge < -0.3 is 5.32 Å². The molecule has 0 aromatic heterocycles. The molecule has 1 saturated heterocycles. The molecule has 0 spiro atoms. The highest BCUT2D eigenvalue weighted by atomic mass is 16.2. The van der Waals surface area contributed by atoms with Gasteiger partial charge in [-0.25, -0.2) is 0 Å². The van der Waals surface area contributed by atoms with Crippen LogP contribution in [-0.4, -0.2) is 29.9 Å².